The number of rotatable bonds is 5. The minimum Gasteiger partial charge on any atom is -0.350 e. The predicted octanol–water partition coefficient (Wildman–Crippen LogP) is 2.67. The van der Waals surface area contributed by atoms with Crippen LogP contribution in [0.25, 0.3) is 0 Å². The van der Waals surface area contributed by atoms with Crippen molar-refractivity contribution < 1.29 is 14.3 Å². The highest BCUT2D eigenvalue weighted by Crippen LogP contribution is 2.28. The number of nitrogens with zero attached hydrogens (tertiary/aromatic N) is 1. The Morgan fingerprint density at radius 2 is 2.00 bits per heavy atom. The Bertz CT molecular complexity index is 313. The summed E-state index contributed by atoms with van der Waals surface area (Å²) in [5, 5.41) is 0. The molecule has 4 heteroatoms. The maximum absolute atomic E-state index is 12.7. The van der Waals surface area contributed by atoms with Crippen molar-refractivity contribution in [3.63, 3.8) is 0 Å². The van der Waals surface area contributed by atoms with E-state index in [1.165, 1.54) is 0 Å². The van der Waals surface area contributed by atoms with Crippen molar-refractivity contribution in [3.05, 3.63) is 0 Å². The van der Waals surface area contributed by atoms with Crippen molar-refractivity contribution in [2.75, 3.05) is 26.3 Å². The fourth-order valence-electron chi connectivity index (χ4n) is 3.37. The van der Waals surface area contributed by atoms with Gasteiger partial charge in [0.2, 0.25) is 5.91 Å². The maximum Gasteiger partial charge on any atom is 0.225 e. The van der Waals surface area contributed by atoms with Gasteiger partial charge in [-0.3, -0.25) is 4.79 Å². The Labute approximate surface area is 122 Å². The molecular formula is C16H29NO3. The topological polar surface area (TPSA) is 38.8 Å². The average molecular weight is 283 g/mol. The molecule has 2 aliphatic heterocycles. The molecule has 0 aliphatic carbocycles. The van der Waals surface area contributed by atoms with E-state index in [0.717, 1.165) is 38.8 Å². The number of hydrogen-bond donors (Lipinski definition) is 0. The van der Waals surface area contributed by atoms with Crippen molar-refractivity contribution >= 4 is 5.91 Å². The van der Waals surface area contributed by atoms with Gasteiger partial charge in [0, 0.05) is 24.9 Å². The first kappa shape index (κ1) is 15.8. The molecule has 0 aromatic carbocycles. The summed E-state index contributed by atoms with van der Waals surface area (Å²) in [6, 6.07) is 0. The second-order valence-corrected chi connectivity index (χ2v) is 6.44. The number of hydrogen-bond acceptors (Lipinski definition) is 3. The molecule has 2 aliphatic rings. The van der Waals surface area contributed by atoms with Crippen LogP contribution >= 0.6 is 0 Å². The van der Waals surface area contributed by atoms with E-state index in [0.29, 0.717) is 31.0 Å². The number of piperidine rings is 1. The molecular weight excluding hydrogens is 254 g/mol. The van der Waals surface area contributed by atoms with Crippen LogP contribution in [0.15, 0.2) is 0 Å². The zero-order valence-electron chi connectivity index (χ0n) is 13.1. The summed E-state index contributed by atoms with van der Waals surface area (Å²) in [6.07, 6.45) is 4.15. The third-order valence-corrected chi connectivity index (χ3v) is 4.52. The van der Waals surface area contributed by atoms with Crippen LogP contribution in [0.3, 0.4) is 0 Å². The van der Waals surface area contributed by atoms with Gasteiger partial charge >= 0.3 is 0 Å². The molecule has 1 amide bonds. The fraction of sp³-hybridized carbons (Fsp3) is 0.938. The zero-order chi connectivity index (χ0) is 14.5. The number of amides is 1. The highest BCUT2D eigenvalue weighted by molar-refractivity contribution is 5.79. The molecule has 2 saturated heterocycles. The van der Waals surface area contributed by atoms with Gasteiger partial charge in [-0.2, -0.15) is 0 Å². The first-order valence-electron chi connectivity index (χ1n) is 8.15. The molecule has 2 rings (SSSR count). The summed E-state index contributed by atoms with van der Waals surface area (Å²) < 4.78 is 11.2. The molecule has 4 nitrogen and oxygen atoms in total. The summed E-state index contributed by atoms with van der Waals surface area (Å²) in [5.74, 6) is 1.28. The molecule has 0 N–H and O–H groups in total. The summed E-state index contributed by atoms with van der Waals surface area (Å²) in [5.41, 5.74) is 0. The van der Waals surface area contributed by atoms with E-state index in [1.54, 1.807) is 0 Å². The van der Waals surface area contributed by atoms with Crippen LogP contribution in [0, 0.1) is 17.8 Å². The Kier molecular flexibility index (Phi) is 5.85. The number of carbonyl (C=O) groups excluding carboxylic acids is 1. The summed E-state index contributed by atoms with van der Waals surface area (Å²) >= 11 is 0. The lowest BCUT2D eigenvalue weighted by molar-refractivity contribution is -0.144. The maximum atomic E-state index is 12.7. The van der Waals surface area contributed by atoms with Gasteiger partial charge in [-0.15, -0.1) is 0 Å². The standard InChI is InChI=1S/C16H29NO3/c1-4-6-14(12(2)3)15(18)17-8-5-7-13(11-17)16-19-9-10-20-16/h12-14,16H,4-11H2,1-3H3/t13-,14-/m0/s1. The number of likely N-dealkylation sites (tertiary alicyclic amines) is 1. The lowest BCUT2D eigenvalue weighted by atomic mass is 9.88. The van der Waals surface area contributed by atoms with Crippen LogP contribution < -0.4 is 0 Å². The molecule has 0 aromatic rings. The van der Waals surface area contributed by atoms with E-state index in [4.69, 9.17) is 9.47 Å². The van der Waals surface area contributed by atoms with Crippen LogP contribution in [0.4, 0.5) is 0 Å². The first-order chi connectivity index (χ1) is 9.63. The molecule has 2 heterocycles. The zero-order valence-corrected chi connectivity index (χ0v) is 13.1. The minimum absolute atomic E-state index is 0.0886. The van der Waals surface area contributed by atoms with Crippen molar-refractivity contribution in [2.45, 2.75) is 52.7 Å². The molecule has 0 spiro atoms. The normalized spacial score (nSPS) is 26.2. The van der Waals surface area contributed by atoms with Crippen LogP contribution in [0.2, 0.25) is 0 Å². The van der Waals surface area contributed by atoms with E-state index in [9.17, 15) is 4.79 Å². The SMILES string of the molecule is CCC[C@H](C(=O)N1CCC[C@H](C2OCCO2)C1)C(C)C. The monoisotopic (exact) mass is 283 g/mol. The van der Waals surface area contributed by atoms with E-state index >= 15 is 0 Å². The fourth-order valence-corrected chi connectivity index (χ4v) is 3.37. The van der Waals surface area contributed by atoms with Crippen LogP contribution in [-0.2, 0) is 14.3 Å². The lowest BCUT2D eigenvalue weighted by Gasteiger charge is -2.37. The predicted molar refractivity (Wildman–Crippen MR) is 78.2 cm³/mol. The molecule has 2 fully saturated rings. The second kappa shape index (κ2) is 7.41. The van der Waals surface area contributed by atoms with Gasteiger partial charge in [0.05, 0.1) is 13.2 Å². The average Bonchev–Trinajstić information content (AvgIpc) is 2.98. The van der Waals surface area contributed by atoms with Gasteiger partial charge < -0.3 is 14.4 Å². The van der Waals surface area contributed by atoms with Crippen molar-refractivity contribution in [1.82, 2.24) is 4.90 Å². The Balaban J connectivity index is 1.94. The van der Waals surface area contributed by atoms with E-state index < -0.39 is 0 Å². The third kappa shape index (κ3) is 3.73. The van der Waals surface area contributed by atoms with Crippen LogP contribution in [-0.4, -0.2) is 43.4 Å². The van der Waals surface area contributed by atoms with Gasteiger partial charge in [-0.1, -0.05) is 27.2 Å². The van der Waals surface area contributed by atoms with E-state index in [2.05, 4.69) is 25.7 Å². The smallest absolute Gasteiger partial charge is 0.225 e. The minimum atomic E-state index is -0.0886. The molecule has 20 heavy (non-hydrogen) atoms. The number of ether oxygens (including phenoxy) is 2. The van der Waals surface area contributed by atoms with Gasteiger partial charge in [0.15, 0.2) is 6.29 Å². The second-order valence-electron chi connectivity index (χ2n) is 6.44. The number of carbonyl (C=O) groups is 1. The summed E-state index contributed by atoms with van der Waals surface area (Å²) in [4.78, 5) is 14.8. The van der Waals surface area contributed by atoms with Crippen molar-refractivity contribution in [2.24, 2.45) is 17.8 Å². The quantitative estimate of drug-likeness (QED) is 0.778. The molecule has 0 aromatic heterocycles. The van der Waals surface area contributed by atoms with Gasteiger partial charge in [0.25, 0.3) is 0 Å². The largest absolute Gasteiger partial charge is 0.350 e. The summed E-state index contributed by atoms with van der Waals surface area (Å²) in [7, 11) is 0. The van der Waals surface area contributed by atoms with Crippen molar-refractivity contribution in [3.8, 4) is 0 Å². The highest BCUT2D eigenvalue weighted by Gasteiger charge is 2.35. The van der Waals surface area contributed by atoms with Gasteiger partial charge in [0.1, 0.15) is 0 Å². The molecule has 0 bridgehead atoms. The first-order valence-corrected chi connectivity index (χ1v) is 8.15. The molecule has 0 saturated carbocycles. The van der Waals surface area contributed by atoms with E-state index in [-0.39, 0.29) is 12.2 Å². The third-order valence-electron chi connectivity index (χ3n) is 4.52. The van der Waals surface area contributed by atoms with Crippen molar-refractivity contribution in [1.29, 1.82) is 0 Å². The molecule has 0 unspecified atom stereocenters. The molecule has 116 valence electrons. The molecule has 0 radical (unpaired) electrons. The Morgan fingerprint density at radius 1 is 1.30 bits per heavy atom. The van der Waals surface area contributed by atoms with E-state index in [1.807, 2.05) is 0 Å². The summed E-state index contributed by atoms with van der Waals surface area (Å²) in [6.45, 7) is 9.55. The van der Waals surface area contributed by atoms with Crippen LogP contribution in [0.1, 0.15) is 46.5 Å². The van der Waals surface area contributed by atoms with Gasteiger partial charge in [-0.05, 0) is 25.2 Å². The Hall–Kier alpha value is -0.610. The Morgan fingerprint density at radius 3 is 2.60 bits per heavy atom. The lowest BCUT2D eigenvalue weighted by Crippen LogP contribution is -2.46. The van der Waals surface area contributed by atoms with Crippen LogP contribution in [0.5, 0.6) is 0 Å². The molecule has 2 atom stereocenters. The van der Waals surface area contributed by atoms with Gasteiger partial charge in [-0.25, -0.2) is 0 Å². The highest BCUT2D eigenvalue weighted by atomic mass is 16.7.